The molecule has 0 bridgehead atoms. The smallest absolute Gasteiger partial charge is 0.327 e. The summed E-state index contributed by atoms with van der Waals surface area (Å²) >= 11 is 0. The third kappa shape index (κ3) is 3.76. The Bertz CT molecular complexity index is 359. The number of hydrogen-bond acceptors (Lipinski definition) is 5. The lowest BCUT2D eigenvalue weighted by Crippen LogP contribution is -2.61. The molecule has 0 amide bonds. The number of hydrogen-bond donors (Lipinski definition) is 1. The fourth-order valence-corrected chi connectivity index (χ4v) is 3.56. The first-order valence-corrected chi connectivity index (χ1v) is 8.32. The number of carbonyl (C=O) groups is 1. The molecular formula is C16H31N3O2. The van der Waals surface area contributed by atoms with E-state index in [0.717, 1.165) is 45.4 Å². The molecule has 1 aliphatic heterocycles. The first-order valence-electron chi connectivity index (χ1n) is 8.32. The van der Waals surface area contributed by atoms with E-state index in [-0.39, 0.29) is 5.97 Å². The van der Waals surface area contributed by atoms with E-state index in [0.29, 0.717) is 18.6 Å². The van der Waals surface area contributed by atoms with Gasteiger partial charge < -0.3 is 15.0 Å². The highest BCUT2D eigenvalue weighted by Gasteiger charge is 2.52. The molecule has 1 saturated carbocycles. The maximum Gasteiger partial charge on any atom is 0.327 e. The van der Waals surface area contributed by atoms with E-state index < -0.39 is 5.54 Å². The fourth-order valence-electron chi connectivity index (χ4n) is 3.56. The minimum absolute atomic E-state index is 0.0696. The quantitative estimate of drug-likeness (QED) is 0.739. The minimum atomic E-state index is -0.521. The Morgan fingerprint density at radius 1 is 1.38 bits per heavy atom. The van der Waals surface area contributed by atoms with E-state index in [1.54, 1.807) is 0 Å². The number of rotatable bonds is 6. The second kappa shape index (κ2) is 7.07. The highest BCUT2D eigenvalue weighted by Crippen LogP contribution is 2.41. The van der Waals surface area contributed by atoms with Gasteiger partial charge in [-0.25, -0.2) is 4.79 Å². The summed E-state index contributed by atoms with van der Waals surface area (Å²) in [6.07, 6.45) is 3.41. The molecular weight excluding hydrogens is 266 g/mol. The van der Waals surface area contributed by atoms with Crippen LogP contribution in [0.1, 0.15) is 33.1 Å². The van der Waals surface area contributed by atoms with E-state index in [1.807, 2.05) is 14.0 Å². The Labute approximate surface area is 129 Å². The van der Waals surface area contributed by atoms with E-state index in [4.69, 9.17) is 4.74 Å². The second-order valence-electron chi connectivity index (χ2n) is 6.65. The second-order valence-corrected chi connectivity index (χ2v) is 6.65. The van der Waals surface area contributed by atoms with E-state index in [1.165, 1.54) is 0 Å². The van der Waals surface area contributed by atoms with Gasteiger partial charge in [-0.15, -0.1) is 0 Å². The largest absolute Gasteiger partial charge is 0.465 e. The van der Waals surface area contributed by atoms with Gasteiger partial charge in [-0.05, 0) is 66.2 Å². The Morgan fingerprint density at radius 3 is 2.67 bits per heavy atom. The summed E-state index contributed by atoms with van der Waals surface area (Å²) in [5, 5.41) is 3.33. The molecule has 21 heavy (non-hydrogen) atoms. The molecule has 2 rings (SSSR count). The molecule has 1 heterocycles. The molecule has 0 spiro atoms. The fraction of sp³-hybridized carbons (Fsp3) is 0.938. The lowest BCUT2D eigenvalue weighted by molar-refractivity contribution is -0.153. The van der Waals surface area contributed by atoms with Crippen LogP contribution in [0.25, 0.3) is 0 Å². The van der Waals surface area contributed by atoms with E-state index in [2.05, 4.69) is 29.1 Å². The van der Waals surface area contributed by atoms with Crippen molar-refractivity contribution >= 4 is 5.97 Å². The maximum atomic E-state index is 12.6. The molecule has 5 nitrogen and oxygen atoms in total. The zero-order valence-electron chi connectivity index (χ0n) is 14.0. The summed E-state index contributed by atoms with van der Waals surface area (Å²) in [5.41, 5.74) is -0.521. The molecule has 0 aromatic rings. The molecule has 0 aromatic carbocycles. The Balaban J connectivity index is 2.12. The van der Waals surface area contributed by atoms with Gasteiger partial charge >= 0.3 is 5.97 Å². The standard InChI is InChI=1S/C16H31N3O2/c1-5-21-15(20)16(17-3,14-7-8-14)12-19-10-6-9-18(4)11-13(19)2/h13-14,17H,5-12H2,1-4H3. The third-order valence-electron chi connectivity index (χ3n) is 5.00. The van der Waals surface area contributed by atoms with Crippen LogP contribution in [0.2, 0.25) is 0 Å². The molecule has 122 valence electrons. The average molecular weight is 297 g/mol. The predicted octanol–water partition coefficient (Wildman–Crippen LogP) is 0.944. The van der Waals surface area contributed by atoms with Crippen LogP contribution in [-0.2, 0) is 9.53 Å². The van der Waals surface area contributed by atoms with E-state index in [9.17, 15) is 4.79 Å². The van der Waals surface area contributed by atoms with Gasteiger partial charge in [0.1, 0.15) is 5.54 Å². The first kappa shape index (κ1) is 16.7. The number of nitrogens with zero attached hydrogens (tertiary/aromatic N) is 2. The van der Waals surface area contributed by atoms with Crippen molar-refractivity contribution in [2.24, 2.45) is 5.92 Å². The SMILES string of the molecule is CCOC(=O)C(CN1CCCN(C)CC1C)(NC)C1CC1. The average Bonchev–Trinajstić information content (AvgIpc) is 3.27. The first-order chi connectivity index (χ1) is 10.0. The molecule has 0 radical (unpaired) electrons. The van der Waals surface area contributed by atoms with Crippen molar-refractivity contribution in [1.29, 1.82) is 0 Å². The molecule has 2 unspecified atom stereocenters. The summed E-state index contributed by atoms with van der Waals surface area (Å²) < 4.78 is 5.39. The number of likely N-dealkylation sites (N-methyl/N-ethyl adjacent to an activating group) is 2. The molecule has 0 aromatic heterocycles. The lowest BCUT2D eigenvalue weighted by atomic mass is 9.91. The van der Waals surface area contributed by atoms with Gasteiger partial charge in [-0.3, -0.25) is 4.90 Å². The van der Waals surface area contributed by atoms with Gasteiger partial charge in [0.05, 0.1) is 6.61 Å². The summed E-state index contributed by atoms with van der Waals surface area (Å²) in [7, 11) is 4.08. The lowest BCUT2D eigenvalue weighted by Gasteiger charge is -2.38. The maximum absolute atomic E-state index is 12.6. The van der Waals surface area contributed by atoms with Gasteiger partial charge in [0.15, 0.2) is 0 Å². The van der Waals surface area contributed by atoms with Crippen LogP contribution in [0.4, 0.5) is 0 Å². The van der Waals surface area contributed by atoms with Crippen molar-refractivity contribution in [2.75, 3.05) is 46.9 Å². The molecule has 1 aliphatic carbocycles. The van der Waals surface area contributed by atoms with Crippen LogP contribution in [0, 0.1) is 5.92 Å². The van der Waals surface area contributed by atoms with Gasteiger partial charge in [0, 0.05) is 19.1 Å². The topological polar surface area (TPSA) is 44.8 Å². The third-order valence-corrected chi connectivity index (χ3v) is 5.00. The van der Waals surface area contributed by atoms with Crippen LogP contribution >= 0.6 is 0 Å². The van der Waals surface area contributed by atoms with Gasteiger partial charge in [0.2, 0.25) is 0 Å². The number of ether oxygens (including phenoxy) is 1. The molecule has 5 heteroatoms. The number of carbonyl (C=O) groups excluding carboxylic acids is 1. The number of esters is 1. The highest BCUT2D eigenvalue weighted by molar-refractivity contribution is 5.82. The summed E-state index contributed by atoms with van der Waals surface area (Å²) in [6, 6.07) is 0.471. The number of nitrogens with one attached hydrogen (secondary N) is 1. The zero-order chi connectivity index (χ0) is 15.5. The minimum Gasteiger partial charge on any atom is -0.465 e. The van der Waals surface area contributed by atoms with Gasteiger partial charge in [-0.2, -0.15) is 0 Å². The Morgan fingerprint density at radius 2 is 2.10 bits per heavy atom. The molecule has 1 saturated heterocycles. The van der Waals surface area contributed by atoms with Crippen molar-refractivity contribution in [3.8, 4) is 0 Å². The van der Waals surface area contributed by atoms with Crippen molar-refractivity contribution in [1.82, 2.24) is 15.1 Å². The van der Waals surface area contributed by atoms with Crippen LogP contribution in [0.3, 0.4) is 0 Å². The predicted molar refractivity (Wildman–Crippen MR) is 84.3 cm³/mol. The molecule has 2 aliphatic rings. The molecule has 1 N–H and O–H groups in total. The van der Waals surface area contributed by atoms with Gasteiger partial charge in [-0.1, -0.05) is 0 Å². The highest BCUT2D eigenvalue weighted by atomic mass is 16.5. The zero-order valence-corrected chi connectivity index (χ0v) is 14.0. The van der Waals surface area contributed by atoms with Crippen molar-refractivity contribution < 1.29 is 9.53 Å². The summed E-state index contributed by atoms with van der Waals surface area (Å²) in [4.78, 5) is 17.4. The molecule has 2 atom stereocenters. The van der Waals surface area contributed by atoms with Crippen LogP contribution < -0.4 is 5.32 Å². The van der Waals surface area contributed by atoms with Crippen molar-refractivity contribution in [3.63, 3.8) is 0 Å². The Kier molecular flexibility index (Phi) is 5.63. The van der Waals surface area contributed by atoms with Crippen molar-refractivity contribution in [3.05, 3.63) is 0 Å². The summed E-state index contributed by atoms with van der Waals surface area (Å²) in [6.45, 7) is 8.62. The Hall–Kier alpha value is -0.650. The van der Waals surface area contributed by atoms with Crippen LogP contribution in [-0.4, -0.2) is 74.2 Å². The van der Waals surface area contributed by atoms with Crippen molar-refractivity contribution in [2.45, 2.75) is 44.7 Å². The van der Waals surface area contributed by atoms with E-state index >= 15 is 0 Å². The van der Waals surface area contributed by atoms with Crippen LogP contribution in [0.15, 0.2) is 0 Å². The summed E-state index contributed by atoms with van der Waals surface area (Å²) in [5.74, 6) is 0.356. The van der Waals surface area contributed by atoms with Gasteiger partial charge in [0.25, 0.3) is 0 Å². The van der Waals surface area contributed by atoms with Crippen LogP contribution in [0.5, 0.6) is 0 Å². The monoisotopic (exact) mass is 297 g/mol. The molecule has 2 fully saturated rings. The normalized spacial score (nSPS) is 27.9.